The van der Waals surface area contributed by atoms with Crippen molar-refractivity contribution in [2.45, 2.75) is 51.5 Å². The van der Waals surface area contributed by atoms with Crippen molar-refractivity contribution >= 4 is 5.91 Å². The van der Waals surface area contributed by atoms with Crippen LogP contribution in [0.4, 0.5) is 0 Å². The molecule has 0 spiro atoms. The fourth-order valence-corrected chi connectivity index (χ4v) is 3.98. The molecule has 3 aliphatic rings. The van der Waals surface area contributed by atoms with E-state index in [1.54, 1.807) is 0 Å². The topological polar surface area (TPSA) is 32.3 Å². The fourth-order valence-electron chi connectivity index (χ4n) is 3.98. The van der Waals surface area contributed by atoms with Crippen LogP contribution in [-0.2, 0) is 4.79 Å². The average molecular weight is 250 g/mol. The van der Waals surface area contributed by atoms with E-state index in [0.717, 1.165) is 50.7 Å². The molecule has 3 nitrogen and oxygen atoms in total. The largest absolute Gasteiger partial charge is 0.339 e. The van der Waals surface area contributed by atoms with Gasteiger partial charge in [0, 0.05) is 18.5 Å². The van der Waals surface area contributed by atoms with Crippen LogP contribution in [0.25, 0.3) is 0 Å². The molecule has 1 aliphatic heterocycles. The maximum Gasteiger partial charge on any atom is 0.225 e. The number of nitrogens with zero attached hydrogens (tertiary/aromatic N) is 1. The van der Waals surface area contributed by atoms with Gasteiger partial charge in [-0.3, -0.25) is 4.79 Å². The number of fused-ring (bicyclic) bond motifs is 1. The second-order valence-electron chi connectivity index (χ2n) is 6.44. The van der Waals surface area contributed by atoms with Gasteiger partial charge in [-0.25, -0.2) is 0 Å². The van der Waals surface area contributed by atoms with Crippen molar-refractivity contribution in [1.82, 2.24) is 10.2 Å². The summed E-state index contributed by atoms with van der Waals surface area (Å²) in [4.78, 5) is 14.9. The van der Waals surface area contributed by atoms with Crippen molar-refractivity contribution < 1.29 is 4.79 Å². The van der Waals surface area contributed by atoms with Gasteiger partial charge in [0.15, 0.2) is 0 Å². The molecule has 2 saturated carbocycles. The molecule has 18 heavy (non-hydrogen) atoms. The minimum absolute atomic E-state index is 0.371. The minimum Gasteiger partial charge on any atom is -0.339 e. The number of carbonyl (C=O) groups excluding carboxylic acids is 1. The molecule has 1 heterocycles. The molecule has 1 amide bonds. The Morgan fingerprint density at radius 3 is 2.44 bits per heavy atom. The Balaban J connectivity index is 1.62. The Bertz CT molecular complexity index is 302. The second-order valence-corrected chi connectivity index (χ2v) is 6.44. The standard InChI is InChI=1S/C15H26N2O/c1-2-7-17(14-3-5-16-6-4-14)15(18)13-9-11-8-12(11)10-13/h11-14,16H,2-10H2,1H3. The highest BCUT2D eigenvalue weighted by molar-refractivity contribution is 5.79. The van der Waals surface area contributed by atoms with Gasteiger partial charge >= 0.3 is 0 Å². The first-order valence-corrected chi connectivity index (χ1v) is 7.80. The molecule has 1 N–H and O–H groups in total. The van der Waals surface area contributed by atoms with E-state index in [-0.39, 0.29) is 0 Å². The van der Waals surface area contributed by atoms with E-state index >= 15 is 0 Å². The number of nitrogens with one attached hydrogen (secondary N) is 1. The van der Waals surface area contributed by atoms with Crippen molar-refractivity contribution in [2.24, 2.45) is 17.8 Å². The number of amides is 1. The molecule has 102 valence electrons. The number of piperidine rings is 1. The second kappa shape index (κ2) is 5.20. The van der Waals surface area contributed by atoms with Gasteiger partial charge in [0.1, 0.15) is 0 Å². The van der Waals surface area contributed by atoms with Crippen LogP contribution in [0.1, 0.15) is 45.4 Å². The van der Waals surface area contributed by atoms with E-state index in [9.17, 15) is 4.79 Å². The molecule has 2 atom stereocenters. The maximum atomic E-state index is 12.7. The Morgan fingerprint density at radius 1 is 1.17 bits per heavy atom. The van der Waals surface area contributed by atoms with Crippen LogP contribution in [-0.4, -0.2) is 36.5 Å². The summed E-state index contributed by atoms with van der Waals surface area (Å²) >= 11 is 0. The fraction of sp³-hybridized carbons (Fsp3) is 0.933. The highest BCUT2D eigenvalue weighted by Gasteiger charge is 2.49. The predicted molar refractivity (Wildman–Crippen MR) is 72.2 cm³/mol. The summed E-state index contributed by atoms with van der Waals surface area (Å²) in [7, 11) is 0. The van der Waals surface area contributed by atoms with E-state index in [1.165, 1.54) is 19.3 Å². The highest BCUT2D eigenvalue weighted by Crippen LogP contribution is 2.54. The summed E-state index contributed by atoms with van der Waals surface area (Å²) in [6.45, 7) is 5.31. The molecule has 0 aromatic heterocycles. The summed E-state index contributed by atoms with van der Waals surface area (Å²) in [5, 5.41) is 3.40. The molecule has 2 aliphatic carbocycles. The normalized spacial score (nSPS) is 35.3. The van der Waals surface area contributed by atoms with Crippen LogP contribution in [0.5, 0.6) is 0 Å². The highest BCUT2D eigenvalue weighted by atomic mass is 16.2. The monoisotopic (exact) mass is 250 g/mol. The van der Waals surface area contributed by atoms with Gasteiger partial charge in [-0.2, -0.15) is 0 Å². The summed E-state index contributed by atoms with van der Waals surface area (Å²) in [5.41, 5.74) is 0. The molecule has 0 radical (unpaired) electrons. The zero-order chi connectivity index (χ0) is 12.5. The molecule has 3 rings (SSSR count). The van der Waals surface area contributed by atoms with Crippen LogP contribution >= 0.6 is 0 Å². The lowest BCUT2D eigenvalue weighted by molar-refractivity contribution is -0.138. The van der Waals surface area contributed by atoms with Crippen LogP contribution in [0.2, 0.25) is 0 Å². The Labute approximate surface area is 110 Å². The van der Waals surface area contributed by atoms with Crippen LogP contribution < -0.4 is 5.32 Å². The molecule has 0 aromatic rings. The summed E-state index contributed by atoms with van der Waals surface area (Å²) < 4.78 is 0. The zero-order valence-electron chi connectivity index (χ0n) is 11.5. The van der Waals surface area contributed by atoms with E-state index in [4.69, 9.17) is 0 Å². The lowest BCUT2D eigenvalue weighted by atomic mass is 9.98. The number of hydrogen-bond acceptors (Lipinski definition) is 2. The molecule has 1 saturated heterocycles. The summed E-state index contributed by atoms with van der Waals surface area (Å²) in [5.74, 6) is 2.68. The minimum atomic E-state index is 0.371. The van der Waals surface area contributed by atoms with Crippen molar-refractivity contribution in [3.05, 3.63) is 0 Å². The van der Waals surface area contributed by atoms with Gasteiger partial charge in [-0.15, -0.1) is 0 Å². The summed E-state index contributed by atoms with van der Waals surface area (Å²) in [6, 6.07) is 0.510. The van der Waals surface area contributed by atoms with Gasteiger partial charge < -0.3 is 10.2 Å². The van der Waals surface area contributed by atoms with E-state index < -0.39 is 0 Å². The van der Waals surface area contributed by atoms with E-state index in [1.807, 2.05) is 0 Å². The first-order chi connectivity index (χ1) is 8.79. The van der Waals surface area contributed by atoms with E-state index in [2.05, 4.69) is 17.1 Å². The van der Waals surface area contributed by atoms with Gasteiger partial charge in [0.2, 0.25) is 5.91 Å². The van der Waals surface area contributed by atoms with Gasteiger partial charge in [-0.05, 0) is 63.5 Å². The van der Waals surface area contributed by atoms with Gasteiger partial charge in [-0.1, -0.05) is 6.92 Å². The smallest absolute Gasteiger partial charge is 0.225 e. The number of hydrogen-bond donors (Lipinski definition) is 1. The number of carbonyl (C=O) groups is 1. The van der Waals surface area contributed by atoms with Crippen molar-refractivity contribution in [3.8, 4) is 0 Å². The summed E-state index contributed by atoms with van der Waals surface area (Å²) in [6.07, 6.45) is 7.17. The first-order valence-electron chi connectivity index (χ1n) is 7.80. The van der Waals surface area contributed by atoms with Crippen LogP contribution in [0.3, 0.4) is 0 Å². The SMILES string of the molecule is CCCN(C(=O)C1CC2CC2C1)C1CCNCC1. The molecule has 3 heteroatoms. The quantitative estimate of drug-likeness (QED) is 0.828. The molecule has 0 bridgehead atoms. The average Bonchev–Trinajstić information content (AvgIpc) is 3.03. The maximum absolute atomic E-state index is 12.7. The van der Waals surface area contributed by atoms with Gasteiger partial charge in [0.05, 0.1) is 0 Å². The molecule has 0 aromatic carbocycles. The van der Waals surface area contributed by atoms with Crippen LogP contribution in [0.15, 0.2) is 0 Å². The third-order valence-electron chi connectivity index (χ3n) is 5.09. The molecular weight excluding hydrogens is 224 g/mol. The van der Waals surface area contributed by atoms with Gasteiger partial charge in [0.25, 0.3) is 0 Å². The molecule has 3 fully saturated rings. The lowest BCUT2D eigenvalue weighted by Gasteiger charge is -2.36. The number of rotatable bonds is 4. The third kappa shape index (κ3) is 2.42. The Hall–Kier alpha value is -0.570. The first kappa shape index (κ1) is 12.5. The lowest BCUT2D eigenvalue weighted by Crippen LogP contribution is -2.48. The molecule has 2 unspecified atom stereocenters. The van der Waals surface area contributed by atoms with Crippen molar-refractivity contribution in [1.29, 1.82) is 0 Å². The van der Waals surface area contributed by atoms with Crippen molar-refractivity contribution in [2.75, 3.05) is 19.6 Å². The van der Waals surface area contributed by atoms with Crippen LogP contribution in [0, 0.1) is 17.8 Å². The Morgan fingerprint density at radius 2 is 1.83 bits per heavy atom. The van der Waals surface area contributed by atoms with Crippen molar-refractivity contribution in [3.63, 3.8) is 0 Å². The zero-order valence-corrected chi connectivity index (χ0v) is 11.5. The third-order valence-corrected chi connectivity index (χ3v) is 5.09. The predicted octanol–water partition coefficient (Wildman–Crippen LogP) is 2.02. The molecular formula is C15H26N2O. The Kier molecular flexibility index (Phi) is 3.60. The van der Waals surface area contributed by atoms with E-state index in [0.29, 0.717) is 17.9 Å².